The molecule has 4 nitrogen and oxygen atoms in total. The second kappa shape index (κ2) is 6.17. The molecular formula is C21H30O4. The van der Waals surface area contributed by atoms with E-state index in [-0.39, 0.29) is 29.5 Å². The largest absolute Gasteiger partial charge is 0.393 e. The zero-order valence-corrected chi connectivity index (χ0v) is 15.8. The van der Waals surface area contributed by atoms with Crippen LogP contribution in [-0.4, -0.2) is 36.0 Å². The van der Waals surface area contributed by atoms with Crippen LogP contribution in [0, 0.1) is 22.7 Å². The first kappa shape index (κ1) is 18.5. The maximum absolute atomic E-state index is 13.2. The number of carbonyl (C=O) groups excluding carboxylic acids is 2. The Morgan fingerprint density at radius 2 is 1.92 bits per heavy atom. The van der Waals surface area contributed by atoms with Gasteiger partial charge in [0.2, 0.25) is 0 Å². The van der Waals surface area contributed by atoms with Gasteiger partial charge in [-0.25, -0.2) is 0 Å². The molecule has 5 atom stereocenters. The van der Waals surface area contributed by atoms with Crippen molar-refractivity contribution >= 4 is 11.6 Å². The minimum Gasteiger partial charge on any atom is -0.393 e. The Morgan fingerprint density at radius 3 is 2.56 bits per heavy atom. The molecule has 3 aliphatic rings. The molecule has 3 aliphatic carbocycles. The third kappa shape index (κ3) is 2.74. The molecule has 0 heterocycles. The molecule has 2 bridgehead atoms. The standard InChI is InChI=1S/C21H30O4/c1-12-13-6-7-18(23)21(4)9-8-17(22)20(2,3)16(21)11-15(25-5)14(10-13)19(12)24/h10,13,15-17,22H,1,6-9,11H2,2-5H3/t13-,15-,16-,17+,21-/m1/s1. The van der Waals surface area contributed by atoms with Gasteiger partial charge in [0.1, 0.15) is 5.78 Å². The van der Waals surface area contributed by atoms with E-state index >= 15 is 0 Å². The van der Waals surface area contributed by atoms with Gasteiger partial charge in [0.15, 0.2) is 5.78 Å². The number of methoxy groups -OCH3 is 1. The Labute approximate surface area is 150 Å². The number of Topliss-reactive ketones (excluding diaryl/α,β-unsaturated/α-hetero) is 2. The minimum atomic E-state index is -0.485. The maximum Gasteiger partial charge on any atom is 0.187 e. The van der Waals surface area contributed by atoms with Gasteiger partial charge in [-0.05, 0) is 42.6 Å². The Hall–Kier alpha value is -1.26. The van der Waals surface area contributed by atoms with Crippen molar-refractivity contribution in [3.63, 3.8) is 0 Å². The number of hydrogen-bond donors (Lipinski definition) is 1. The highest BCUT2D eigenvalue weighted by Crippen LogP contribution is 2.55. The van der Waals surface area contributed by atoms with Crippen LogP contribution < -0.4 is 0 Å². The average Bonchev–Trinajstić information content (AvgIpc) is 2.84. The van der Waals surface area contributed by atoms with Crippen molar-refractivity contribution in [2.45, 2.75) is 65.1 Å². The van der Waals surface area contributed by atoms with E-state index in [2.05, 4.69) is 13.5 Å². The number of allylic oxidation sites excluding steroid dienone is 2. The van der Waals surface area contributed by atoms with Crippen molar-refractivity contribution in [2.75, 3.05) is 7.11 Å². The number of carbonyl (C=O) groups is 2. The predicted octanol–water partition coefficient (Wildman–Crippen LogP) is 3.24. The number of rotatable bonds is 1. The second-order valence-corrected chi connectivity index (χ2v) is 8.85. The highest BCUT2D eigenvalue weighted by molar-refractivity contribution is 6.11. The summed E-state index contributed by atoms with van der Waals surface area (Å²) in [6, 6.07) is 0. The van der Waals surface area contributed by atoms with Crippen LogP contribution in [0.25, 0.3) is 0 Å². The molecule has 1 N–H and O–H groups in total. The molecule has 0 unspecified atom stereocenters. The molecule has 0 spiro atoms. The molecule has 3 rings (SSSR count). The highest BCUT2D eigenvalue weighted by atomic mass is 16.5. The Kier molecular flexibility index (Phi) is 4.57. The molecule has 0 aromatic heterocycles. The number of aliphatic hydroxyl groups excluding tert-OH is 1. The van der Waals surface area contributed by atoms with E-state index in [1.54, 1.807) is 7.11 Å². The third-order valence-electron chi connectivity index (χ3n) is 7.25. The summed E-state index contributed by atoms with van der Waals surface area (Å²) in [6.07, 6.45) is 4.15. The fraction of sp³-hybridized carbons (Fsp3) is 0.714. The van der Waals surface area contributed by atoms with E-state index in [0.717, 1.165) is 0 Å². The zero-order valence-electron chi connectivity index (χ0n) is 15.8. The van der Waals surface area contributed by atoms with Crippen LogP contribution in [0.4, 0.5) is 0 Å². The molecule has 25 heavy (non-hydrogen) atoms. The van der Waals surface area contributed by atoms with Crippen molar-refractivity contribution in [2.24, 2.45) is 22.7 Å². The van der Waals surface area contributed by atoms with E-state index < -0.39 is 16.9 Å². The molecule has 1 saturated carbocycles. The van der Waals surface area contributed by atoms with Crippen LogP contribution in [0.5, 0.6) is 0 Å². The van der Waals surface area contributed by atoms with Gasteiger partial charge >= 0.3 is 0 Å². The third-order valence-corrected chi connectivity index (χ3v) is 7.25. The zero-order chi connectivity index (χ0) is 18.6. The van der Waals surface area contributed by atoms with Crippen LogP contribution in [0.1, 0.15) is 52.9 Å². The van der Waals surface area contributed by atoms with Crippen molar-refractivity contribution in [1.29, 1.82) is 0 Å². The Balaban J connectivity index is 2.07. The average molecular weight is 346 g/mol. The van der Waals surface area contributed by atoms with Crippen molar-refractivity contribution in [3.05, 3.63) is 23.8 Å². The monoisotopic (exact) mass is 346 g/mol. The first-order chi connectivity index (χ1) is 11.6. The Morgan fingerprint density at radius 1 is 1.24 bits per heavy atom. The van der Waals surface area contributed by atoms with Gasteiger partial charge in [0, 0.05) is 30.4 Å². The molecule has 1 fully saturated rings. The molecule has 4 heteroatoms. The smallest absolute Gasteiger partial charge is 0.187 e. The van der Waals surface area contributed by atoms with Gasteiger partial charge in [0.25, 0.3) is 0 Å². The fourth-order valence-corrected chi connectivity index (χ4v) is 5.33. The van der Waals surface area contributed by atoms with Crippen LogP contribution in [-0.2, 0) is 14.3 Å². The molecule has 0 radical (unpaired) electrons. The van der Waals surface area contributed by atoms with Crippen LogP contribution >= 0.6 is 0 Å². The van der Waals surface area contributed by atoms with Crippen molar-refractivity contribution in [3.8, 4) is 0 Å². The van der Waals surface area contributed by atoms with E-state index in [4.69, 9.17) is 4.74 Å². The topological polar surface area (TPSA) is 63.6 Å². The van der Waals surface area contributed by atoms with Gasteiger partial charge in [-0.3, -0.25) is 9.59 Å². The minimum absolute atomic E-state index is 0.0259. The van der Waals surface area contributed by atoms with Gasteiger partial charge in [-0.1, -0.05) is 33.4 Å². The number of fused-ring (bicyclic) bond motifs is 2. The van der Waals surface area contributed by atoms with E-state index in [9.17, 15) is 14.7 Å². The lowest BCUT2D eigenvalue weighted by molar-refractivity contribution is -0.151. The number of ether oxygens (including phenoxy) is 1. The highest BCUT2D eigenvalue weighted by Gasteiger charge is 2.55. The molecular weight excluding hydrogens is 316 g/mol. The summed E-state index contributed by atoms with van der Waals surface area (Å²) in [4.78, 5) is 25.8. The van der Waals surface area contributed by atoms with Crippen molar-refractivity contribution in [1.82, 2.24) is 0 Å². The molecule has 0 aromatic rings. The summed E-state index contributed by atoms with van der Waals surface area (Å²) < 4.78 is 5.71. The van der Waals surface area contributed by atoms with Gasteiger partial charge < -0.3 is 9.84 Å². The number of hydrogen-bond acceptors (Lipinski definition) is 4. The fourth-order valence-electron chi connectivity index (χ4n) is 5.33. The predicted molar refractivity (Wildman–Crippen MR) is 96.0 cm³/mol. The first-order valence-corrected chi connectivity index (χ1v) is 9.32. The summed E-state index contributed by atoms with van der Waals surface area (Å²) in [7, 11) is 1.62. The summed E-state index contributed by atoms with van der Waals surface area (Å²) in [5, 5.41) is 10.6. The Bertz CT molecular complexity index is 644. The summed E-state index contributed by atoms with van der Waals surface area (Å²) in [6.45, 7) is 10.1. The lowest BCUT2D eigenvalue weighted by Gasteiger charge is -2.53. The number of ketones is 2. The van der Waals surface area contributed by atoms with Gasteiger partial charge in [-0.2, -0.15) is 0 Å². The second-order valence-electron chi connectivity index (χ2n) is 8.85. The van der Waals surface area contributed by atoms with Gasteiger partial charge in [-0.15, -0.1) is 0 Å². The lowest BCUT2D eigenvalue weighted by Crippen LogP contribution is -2.54. The molecule has 0 aliphatic heterocycles. The maximum atomic E-state index is 13.2. The van der Waals surface area contributed by atoms with Gasteiger partial charge in [0.05, 0.1) is 12.2 Å². The van der Waals surface area contributed by atoms with E-state index in [0.29, 0.717) is 43.3 Å². The molecule has 0 aromatic carbocycles. The normalized spacial score (nSPS) is 41.3. The van der Waals surface area contributed by atoms with E-state index in [1.807, 2.05) is 19.9 Å². The molecule has 0 amide bonds. The first-order valence-electron chi connectivity index (χ1n) is 9.32. The molecule has 138 valence electrons. The number of aliphatic hydroxyl groups is 1. The summed E-state index contributed by atoms with van der Waals surface area (Å²) in [5.41, 5.74) is 0.377. The van der Waals surface area contributed by atoms with Crippen LogP contribution in [0.2, 0.25) is 0 Å². The SMILES string of the molecule is C=C1C(=O)C2=C[C@H]1CCC(=O)[C@]1(C)CC[C@H](O)C(C)(C)[C@H]1C[C@H]2OC. The summed E-state index contributed by atoms with van der Waals surface area (Å²) >= 11 is 0. The van der Waals surface area contributed by atoms with Crippen LogP contribution in [0.15, 0.2) is 23.8 Å². The van der Waals surface area contributed by atoms with Crippen LogP contribution in [0.3, 0.4) is 0 Å². The summed E-state index contributed by atoms with van der Waals surface area (Å²) in [5.74, 6) is 0.130. The van der Waals surface area contributed by atoms with E-state index in [1.165, 1.54) is 0 Å². The van der Waals surface area contributed by atoms with Crippen molar-refractivity contribution < 1.29 is 19.4 Å². The lowest BCUT2D eigenvalue weighted by atomic mass is 9.52. The molecule has 0 saturated heterocycles. The quantitative estimate of drug-likeness (QED) is 0.740.